The quantitative estimate of drug-likeness (QED) is 0.162. The molecule has 0 amide bonds. The molecule has 0 bridgehead atoms. The monoisotopic (exact) mass is 716 g/mol. The molecular weight excluding hydrogens is 677 g/mol. The summed E-state index contributed by atoms with van der Waals surface area (Å²) in [6.07, 6.45) is 15.0. The van der Waals surface area contributed by atoms with Crippen molar-refractivity contribution < 1.29 is 0 Å². The van der Waals surface area contributed by atoms with Crippen LogP contribution in [0.3, 0.4) is 0 Å². The van der Waals surface area contributed by atoms with E-state index in [0.29, 0.717) is 5.92 Å². The summed E-state index contributed by atoms with van der Waals surface area (Å²) < 4.78 is 4.95. The van der Waals surface area contributed by atoms with Crippen molar-refractivity contribution in [2.75, 3.05) is 0 Å². The number of para-hydroxylation sites is 2. The Balaban J connectivity index is 1.00. The normalized spacial score (nSPS) is 15.7. The number of aromatic nitrogens is 2. The van der Waals surface area contributed by atoms with Gasteiger partial charge in [0.25, 0.3) is 0 Å². The average molecular weight is 717 g/mol. The first-order valence-electron chi connectivity index (χ1n) is 19.8. The Morgan fingerprint density at radius 3 is 1.61 bits per heavy atom. The van der Waals surface area contributed by atoms with E-state index in [0.717, 1.165) is 19.3 Å². The van der Waals surface area contributed by atoms with Crippen LogP contribution in [0.15, 0.2) is 200 Å². The Labute approximate surface area is 327 Å². The van der Waals surface area contributed by atoms with E-state index in [1.165, 1.54) is 94.0 Å². The molecule has 2 nitrogen and oxygen atoms in total. The van der Waals surface area contributed by atoms with E-state index in [4.69, 9.17) is 0 Å². The molecule has 0 spiro atoms. The third kappa shape index (κ3) is 5.48. The van der Waals surface area contributed by atoms with Crippen LogP contribution in [0.25, 0.3) is 82.8 Å². The minimum atomic E-state index is 0.336. The first kappa shape index (κ1) is 32.5. The standard InChI is InChI=1S/C54H40N2/c1-3-13-37(14-4-1)40-17-11-18-41(33-40)39-25-29-45(30-26-39)55-51-23-9-7-21-47(51)49-31-27-43(35-53(49)55)44-28-32-50-48-22-8-10-24-52(48)56(54(50)36-44)46-20-12-19-42(34-46)38-15-5-2-6-16-38/h1-11,13-18,20-25,27-36,39H,12,19,26H2. The summed E-state index contributed by atoms with van der Waals surface area (Å²) >= 11 is 0. The molecule has 0 saturated heterocycles. The lowest BCUT2D eigenvalue weighted by Gasteiger charge is -2.19. The fourth-order valence-electron chi connectivity index (χ4n) is 9.18. The third-order valence-electron chi connectivity index (χ3n) is 11.9. The van der Waals surface area contributed by atoms with Crippen molar-refractivity contribution in [3.8, 4) is 22.3 Å². The SMILES string of the molecule is C1=CC(c2cccc(-c3ccccc3)c2)CC=C1n1c2ccccc2c2ccc(-c3ccc4c5ccccc5n(C5=CCCC(c6ccccc6)=C5)c4c3)cc21. The Kier molecular flexibility index (Phi) is 7.81. The molecular formula is C54H40N2. The van der Waals surface area contributed by atoms with Crippen molar-refractivity contribution in [3.05, 3.63) is 211 Å². The molecule has 2 aliphatic carbocycles. The Hall–Kier alpha value is -6.90. The van der Waals surface area contributed by atoms with Crippen molar-refractivity contribution >= 4 is 60.6 Å². The minimum absolute atomic E-state index is 0.336. The number of allylic oxidation sites excluding steroid dienone is 8. The van der Waals surface area contributed by atoms with Gasteiger partial charge in [-0.05, 0) is 94.6 Å². The van der Waals surface area contributed by atoms with Crippen LogP contribution in [0, 0.1) is 0 Å². The van der Waals surface area contributed by atoms with Crippen molar-refractivity contribution in [1.29, 1.82) is 0 Å². The number of fused-ring (bicyclic) bond motifs is 6. The summed E-state index contributed by atoms with van der Waals surface area (Å²) in [5.41, 5.74) is 16.4. The van der Waals surface area contributed by atoms with Gasteiger partial charge < -0.3 is 9.13 Å². The summed E-state index contributed by atoms with van der Waals surface area (Å²) in [6, 6.07) is 62.3. The van der Waals surface area contributed by atoms with E-state index in [9.17, 15) is 0 Å². The highest BCUT2D eigenvalue weighted by Crippen LogP contribution is 2.41. The van der Waals surface area contributed by atoms with E-state index in [-0.39, 0.29) is 0 Å². The lowest BCUT2D eigenvalue weighted by molar-refractivity contribution is 0.850. The molecule has 2 heterocycles. The molecule has 2 heteroatoms. The van der Waals surface area contributed by atoms with Crippen molar-refractivity contribution in [2.24, 2.45) is 0 Å². The lowest BCUT2D eigenvalue weighted by atomic mass is 9.89. The van der Waals surface area contributed by atoms with Gasteiger partial charge in [0, 0.05) is 38.9 Å². The van der Waals surface area contributed by atoms with Crippen LogP contribution in [0.4, 0.5) is 0 Å². The number of nitrogens with zero attached hydrogens (tertiary/aromatic N) is 2. The predicted molar refractivity (Wildman–Crippen MR) is 238 cm³/mol. The zero-order valence-corrected chi connectivity index (χ0v) is 31.1. The number of rotatable bonds is 6. The highest BCUT2D eigenvalue weighted by atomic mass is 15.0. The molecule has 2 aliphatic rings. The maximum absolute atomic E-state index is 2.48. The van der Waals surface area contributed by atoms with Gasteiger partial charge in [-0.25, -0.2) is 0 Å². The minimum Gasteiger partial charge on any atom is -0.310 e. The highest BCUT2D eigenvalue weighted by molar-refractivity contribution is 6.13. The second-order valence-electron chi connectivity index (χ2n) is 15.2. The van der Waals surface area contributed by atoms with Crippen LogP contribution < -0.4 is 0 Å². The molecule has 0 aliphatic heterocycles. The zero-order chi connectivity index (χ0) is 37.0. The summed E-state index contributed by atoms with van der Waals surface area (Å²) in [6.45, 7) is 0. The van der Waals surface area contributed by atoms with Crippen LogP contribution in [-0.4, -0.2) is 9.13 Å². The van der Waals surface area contributed by atoms with Crippen molar-refractivity contribution in [3.63, 3.8) is 0 Å². The molecule has 266 valence electrons. The average Bonchev–Trinajstić information content (AvgIpc) is 3.79. The molecule has 0 N–H and O–H groups in total. The summed E-state index contributed by atoms with van der Waals surface area (Å²) in [5.74, 6) is 0.336. The number of benzene rings is 7. The number of hydrogen-bond donors (Lipinski definition) is 0. The Morgan fingerprint density at radius 1 is 0.411 bits per heavy atom. The second-order valence-corrected chi connectivity index (χ2v) is 15.2. The van der Waals surface area contributed by atoms with Crippen molar-refractivity contribution in [1.82, 2.24) is 9.13 Å². The second kappa shape index (κ2) is 13.4. The van der Waals surface area contributed by atoms with Crippen LogP contribution in [0.5, 0.6) is 0 Å². The zero-order valence-electron chi connectivity index (χ0n) is 31.1. The van der Waals surface area contributed by atoms with E-state index in [2.05, 4.69) is 209 Å². The molecule has 7 aromatic carbocycles. The molecule has 0 fully saturated rings. The van der Waals surface area contributed by atoms with E-state index in [1.54, 1.807) is 0 Å². The first-order valence-corrected chi connectivity index (χ1v) is 19.8. The van der Waals surface area contributed by atoms with Gasteiger partial charge in [-0.15, -0.1) is 0 Å². The van der Waals surface area contributed by atoms with Gasteiger partial charge in [-0.2, -0.15) is 0 Å². The lowest BCUT2D eigenvalue weighted by Crippen LogP contribution is -2.03. The molecule has 11 rings (SSSR count). The van der Waals surface area contributed by atoms with Gasteiger partial charge in [-0.1, -0.05) is 164 Å². The van der Waals surface area contributed by atoms with Gasteiger partial charge in [0.15, 0.2) is 0 Å². The Morgan fingerprint density at radius 2 is 0.964 bits per heavy atom. The van der Waals surface area contributed by atoms with Gasteiger partial charge in [0.05, 0.1) is 22.1 Å². The van der Waals surface area contributed by atoms with E-state index in [1.807, 2.05) is 0 Å². The molecule has 56 heavy (non-hydrogen) atoms. The van der Waals surface area contributed by atoms with Crippen LogP contribution in [0.1, 0.15) is 36.3 Å². The van der Waals surface area contributed by atoms with Crippen molar-refractivity contribution in [2.45, 2.75) is 25.2 Å². The topological polar surface area (TPSA) is 9.86 Å². The third-order valence-corrected chi connectivity index (χ3v) is 11.9. The van der Waals surface area contributed by atoms with E-state index < -0.39 is 0 Å². The van der Waals surface area contributed by atoms with Gasteiger partial charge in [-0.3, -0.25) is 0 Å². The summed E-state index contributed by atoms with van der Waals surface area (Å²) in [5, 5.41) is 5.12. The van der Waals surface area contributed by atoms with Gasteiger partial charge in [0.2, 0.25) is 0 Å². The van der Waals surface area contributed by atoms with E-state index >= 15 is 0 Å². The highest BCUT2D eigenvalue weighted by Gasteiger charge is 2.20. The van der Waals surface area contributed by atoms with Crippen LogP contribution in [0.2, 0.25) is 0 Å². The molecule has 2 aromatic heterocycles. The smallest absolute Gasteiger partial charge is 0.0547 e. The van der Waals surface area contributed by atoms with Gasteiger partial charge in [0.1, 0.15) is 0 Å². The van der Waals surface area contributed by atoms with Gasteiger partial charge >= 0.3 is 0 Å². The molecule has 0 saturated carbocycles. The fraction of sp³-hybridized carbons (Fsp3) is 0.0741. The van der Waals surface area contributed by atoms with Crippen LogP contribution >= 0.6 is 0 Å². The summed E-state index contributed by atoms with van der Waals surface area (Å²) in [4.78, 5) is 0. The molecule has 1 unspecified atom stereocenters. The maximum Gasteiger partial charge on any atom is 0.0547 e. The summed E-state index contributed by atoms with van der Waals surface area (Å²) in [7, 11) is 0. The molecule has 1 atom stereocenters. The Bertz CT molecular complexity index is 3090. The first-order chi connectivity index (χ1) is 27.8. The molecule has 0 radical (unpaired) electrons. The predicted octanol–water partition coefficient (Wildman–Crippen LogP) is 14.5. The molecule has 9 aromatic rings. The maximum atomic E-state index is 2.48. The largest absolute Gasteiger partial charge is 0.310 e. The number of hydrogen-bond acceptors (Lipinski definition) is 0. The van der Waals surface area contributed by atoms with Crippen LogP contribution in [-0.2, 0) is 0 Å². The fourth-order valence-corrected chi connectivity index (χ4v) is 9.18.